The van der Waals surface area contributed by atoms with Gasteiger partial charge in [-0.3, -0.25) is 9.69 Å². The van der Waals surface area contributed by atoms with Crippen molar-refractivity contribution in [1.82, 2.24) is 14.7 Å². The van der Waals surface area contributed by atoms with Crippen molar-refractivity contribution < 1.29 is 17.9 Å². The summed E-state index contributed by atoms with van der Waals surface area (Å²) in [4.78, 5) is 15.2. The number of aromatic nitrogens is 2. The lowest BCUT2D eigenvalue weighted by atomic mass is 10.1. The molecule has 35 heavy (non-hydrogen) atoms. The van der Waals surface area contributed by atoms with Gasteiger partial charge in [0.15, 0.2) is 9.84 Å². The fourth-order valence-corrected chi connectivity index (χ4v) is 7.34. The molecule has 2 aromatic carbocycles. The summed E-state index contributed by atoms with van der Waals surface area (Å²) in [6, 6.07) is 17.0. The fourth-order valence-electron chi connectivity index (χ4n) is 4.24. The van der Waals surface area contributed by atoms with Crippen LogP contribution in [0.5, 0.6) is 5.75 Å². The lowest BCUT2D eigenvalue weighted by Crippen LogP contribution is -2.39. The van der Waals surface area contributed by atoms with Crippen molar-refractivity contribution in [2.75, 3.05) is 18.1 Å². The molecule has 1 amide bonds. The molecule has 2 fully saturated rings. The number of hydrogen-bond acceptors (Lipinski definition) is 7. The highest BCUT2D eigenvalue weighted by molar-refractivity contribution is 8.26. The molecule has 3 aromatic rings. The Morgan fingerprint density at radius 1 is 1.20 bits per heavy atom. The molecule has 180 valence electrons. The molecule has 0 unspecified atom stereocenters. The third-order valence-corrected chi connectivity index (χ3v) is 8.95. The topological polar surface area (TPSA) is 81.5 Å². The Labute approximate surface area is 213 Å². The van der Waals surface area contributed by atoms with Crippen LogP contribution in [0.15, 0.2) is 65.7 Å². The highest BCUT2D eigenvalue weighted by Crippen LogP contribution is 2.38. The average molecular weight is 526 g/mol. The molecule has 3 heterocycles. The van der Waals surface area contributed by atoms with Crippen LogP contribution in [0.25, 0.3) is 23.0 Å². The molecule has 2 aliphatic rings. The molecule has 0 aliphatic carbocycles. The molecule has 0 bridgehead atoms. The summed E-state index contributed by atoms with van der Waals surface area (Å²) in [5.74, 6) is 0.508. The SMILES string of the molecule is CCOc1cccc(-c2nn(-c3ccccc3)cc2/C=C2\SC(=S)N([C@@H]3CCS(=O)(=O)C3)C2=O)c1. The largest absolute Gasteiger partial charge is 0.494 e. The Bertz CT molecular complexity index is 1430. The Morgan fingerprint density at radius 2 is 2.00 bits per heavy atom. The molecule has 2 aliphatic heterocycles. The molecule has 0 saturated carbocycles. The third-order valence-electron chi connectivity index (χ3n) is 5.87. The molecule has 0 spiro atoms. The van der Waals surface area contributed by atoms with E-state index in [2.05, 4.69) is 0 Å². The van der Waals surface area contributed by atoms with Crippen LogP contribution < -0.4 is 4.74 Å². The van der Waals surface area contributed by atoms with Crippen molar-refractivity contribution >= 4 is 50.1 Å². The molecule has 1 aromatic heterocycles. The third kappa shape index (κ3) is 4.91. The zero-order valence-electron chi connectivity index (χ0n) is 19.0. The monoisotopic (exact) mass is 525 g/mol. The molecule has 5 rings (SSSR count). The van der Waals surface area contributed by atoms with E-state index < -0.39 is 15.9 Å². The predicted octanol–water partition coefficient (Wildman–Crippen LogP) is 4.33. The van der Waals surface area contributed by atoms with Crippen molar-refractivity contribution in [2.45, 2.75) is 19.4 Å². The molecule has 10 heteroatoms. The zero-order chi connectivity index (χ0) is 24.6. The number of thiocarbonyl (C=S) groups is 1. The van der Waals surface area contributed by atoms with Crippen LogP contribution in [0.2, 0.25) is 0 Å². The Kier molecular flexibility index (Phi) is 6.52. The van der Waals surface area contributed by atoms with Crippen molar-refractivity contribution in [1.29, 1.82) is 0 Å². The highest BCUT2D eigenvalue weighted by Gasteiger charge is 2.42. The van der Waals surface area contributed by atoms with Gasteiger partial charge >= 0.3 is 0 Å². The number of nitrogens with zero attached hydrogens (tertiary/aromatic N) is 3. The summed E-state index contributed by atoms with van der Waals surface area (Å²) >= 11 is 6.67. The first kappa shape index (κ1) is 23.8. The second-order valence-electron chi connectivity index (χ2n) is 8.28. The number of amides is 1. The maximum Gasteiger partial charge on any atom is 0.266 e. The summed E-state index contributed by atoms with van der Waals surface area (Å²) in [6.45, 7) is 2.48. The maximum atomic E-state index is 13.3. The van der Waals surface area contributed by atoms with Gasteiger partial charge < -0.3 is 4.74 Å². The fraction of sp³-hybridized carbons (Fsp3) is 0.240. The van der Waals surface area contributed by atoms with E-state index in [1.807, 2.05) is 67.7 Å². The standard InChI is InChI=1S/C25H23N3O4S3/c1-2-32-21-10-6-7-17(13-21)23-18(15-27(26-23)19-8-4-3-5-9-19)14-22-24(29)28(25(33)34-22)20-11-12-35(30,31)16-20/h3-10,13-15,20H,2,11-12,16H2,1H3/b22-14-/t20-/m1/s1. The Balaban J connectivity index is 1.55. The van der Waals surface area contributed by atoms with E-state index in [1.54, 1.807) is 10.8 Å². The Hall–Kier alpha value is -2.95. The van der Waals surface area contributed by atoms with Crippen molar-refractivity contribution in [3.63, 3.8) is 0 Å². The second kappa shape index (κ2) is 9.60. The smallest absolute Gasteiger partial charge is 0.266 e. The van der Waals surface area contributed by atoms with E-state index in [4.69, 9.17) is 22.1 Å². The lowest BCUT2D eigenvalue weighted by Gasteiger charge is -2.20. The summed E-state index contributed by atoms with van der Waals surface area (Å²) < 4.78 is 31.8. The number of sulfone groups is 1. The van der Waals surface area contributed by atoms with Gasteiger partial charge in [-0.2, -0.15) is 5.10 Å². The lowest BCUT2D eigenvalue weighted by molar-refractivity contribution is -0.123. The van der Waals surface area contributed by atoms with Crippen LogP contribution in [-0.4, -0.2) is 57.5 Å². The summed E-state index contributed by atoms with van der Waals surface area (Å²) in [5.41, 5.74) is 3.19. The first-order valence-corrected chi connectivity index (χ1v) is 14.2. The number of hydrogen-bond donors (Lipinski definition) is 0. The minimum atomic E-state index is -3.14. The molecular weight excluding hydrogens is 502 g/mol. The molecule has 0 N–H and O–H groups in total. The van der Waals surface area contributed by atoms with Gasteiger partial charge in [0.25, 0.3) is 5.91 Å². The number of thioether (sulfide) groups is 1. The first-order chi connectivity index (χ1) is 16.8. The quantitative estimate of drug-likeness (QED) is 0.350. The van der Waals surface area contributed by atoms with Crippen LogP contribution in [-0.2, 0) is 14.6 Å². The summed E-state index contributed by atoms with van der Waals surface area (Å²) in [5, 5.41) is 4.82. The van der Waals surface area contributed by atoms with Crippen molar-refractivity contribution in [3.05, 3.63) is 71.3 Å². The summed E-state index contributed by atoms with van der Waals surface area (Å²) in [6.07, 6.45) is 4.08. The number of rotatable bonds is 6. The van der Waals surface area contributed by atoms with Crippen LogP contribution >= 0.6 is 24.0 Å². The number of carbonyl (C=O) groups is 1. The van der Waals surface area contributed by atoms with Crippen LogP contribution in [0.3, 0.4) is 0 Å². The number of ether oxygens (including phenoxy) is 1. The normalized spacial score (nSPS) is 20.7. The number of carbonyl (C=O) groups excluding carboxylic acids is 1. The molecule has 2 saturated heterocycles. The number of benzene rings is 2. The van der Waals surface area contributed by atoms with Crippen LogP contribution in [0.4, 0.5) is 0 Å². The first-order valence-electron chi connectivity index (χ1n) is 11.2. The van der Waals surface area contributed by atoms with Gasteiger partial charge in [-0.15, -0.1) is 0 Å². The van der Waals surface area contributed by atoms with E-state index in [1.165, 1.54) is 16.7 Å². The predicted molar refractivity (Wildman–Crippen MR) is 142 cm³/mol. The second-order valence-corrected chi connectivity index (χ2v) is 12.2. The minimum Gasteiger partial charge on any atom is -0.494 e. The molecule has 7 nitrogen and oxygen atoms in total. The van der Waals surface area contributed by atoms with Gasteiger partial charge in [0.1, 0.15) is 15.8 Å². The summed E-state index contributed by atoms with van der Waals surface area (Å²) in [7, 11) is -3.14. The van der Waals surface area contributed by atoms with Gasteiger partial charge in [-0.1, -0.05) is 54.3 Å². The van der Waals surface area contributed by atoms with Crippen molar-refractivity contribution in [3.8, 4) is 22.7 Å². The van der Waals surface area contributed by atoms with E-state index in [0.29, 0.717) is 27.9 Å². The van der Waals surface area contributed by atoms with Gasteiger partial charge in [0.05, 0.1) is 34.7 Å². The maximum absolute atomic E-state index is 13.3. The highest BCUT2D eigenvalue weighted by atomic mass is 32.2. The van der Waals surface area contributed by atoms with Crippen molar-refractivity contribution in [2.24, 2.45) is 0 Å². The van der Waals surface area contributed by atoms with E-state index in [9.17, 15) is 13.2 Å². The zero-order valence-corrected chi connectivity index (χ0v) is 21.4. The van der Waals surface area contributed by atoms with Gasteiger partial charge in [-0.05, 0) is 43.7 Å². The van der Waals surface area contributed by atoms with Gasteiger partial charge in [0.2, 0.25) is 0 Å². The molecular formula is C25H23N3O4S3. The van der Waals surface area contributed by atoms with Crippen LogP contribution in [0.1, 0.15) is 18.9 Å². The van der Waals surface area contributed by atoms with E-state index in [0.717, 1.165) is 22.6 Å². The van der Waals surface area contributed by atoms with E-state index >= 15 is 0 Å². The number of para-hydroxylation sites is 1. The molecule has 1 atom stereocenters. The molecule has 0 radical (unpaired) electrons. The van der Waals surface area contributed by atoms with E-state index in [-0.39, 0.29) is 17.4 Å². The Morgan fingerprint density at radius 3 is 2.71 bits per heavy atom. The average Bonchev–Trinajstić information content (AvgIpc) is 3.50. The van der Waals surface area contributed by atoms with Gasteiger partial charge in [-0.25, -0.2) is 13.1 Å². The van der Waals surface area contributed by atoms with Crippen LogP contribution in [0, 0.1) is 0 Å². The van der Waals surface area contributed by atoms with Gasteiger partial charge in [0, 0.05) is 17.3 Å². The minimum absolute atomic E-state index is 0.0475.